The van der Waals surface area contributed by atoms with Gasteiger partial charge in [0.1, 0.15) is 11.3 Å². The molecule has 0 saturated carbocycles. The summed E-state index contributed by atoms with van der Waals surface area (Å²) in [7, 11) is 0. The highest BCUT2D eigenvalue weighted by Crippen LogP contribution is 2.19. The number of ether oxygens (including phenoxy) is 1. The Hall–Kier alpha value is -2.49. The maximum atomic E-state index is 5.61. The number of benzene rings is 2. The van der Waals surface area contributed by atoms with Crippen LogP contribution in [0.25, 0.3) is 11.1 Å². The van der Waals surface area contributed by atoms with Crippen molar-refractivity contribution < 1.29 is 9.15 Å². The Morgan fingerprint density at radius 1 is 1.15 bits per heavy atom. The Morgan fingerprint density at radius 2 is 2.05 bits per heavy atom. The van der Waals surface area contributed by atoms with Gasteiger partial charge in [-0.05, 0) is 36.8 Å². The lowest BCUT2D eigenvalue weighted by molar-refractivity contribution is 0.340. The minimum absolute atomic E-state index is 0.535. The Balaban J connectivity index is 1.71. The Bertz CT molecular complexity index is 673. The molecule has 102 valence electrons. The van der Waals surface area contributed by atoms with Crippen molar-refractivity contribution in [3.8, 4) is 5.75 Å². The van der Waals surface area contributed by atoms with E-state index in [1.165, 1.54) is 0 Å². The van der Waals surface area contributed by atoms with Gasteiger partial charge < -0.3 is 14.5 Å². The molecule has 0 bridgehead atoms. The van der Waals surface area contributed by atoms with Crippen LogP contribution in [0.3, 0.4) is 0 Å². The van der Waals surface area contributed by atoms with Gasteiger partial charge in [0.05, 0.1) is 6.61 Å². The van der Waals surface area contributed by atoms with Gasteiger partial charge in [0.15, 0.2) is 5.58 Å². The summed E-state index contributed by atoms with van der Waals surface area (Å²) in [6.45, 7) is 3.29. The summed E-state index contributed by atoms with van der Waals surface area (Å²) in [5.74, 6) is 0.879. The van der Waals surface area contributed by atoms with E-state index in [4.69, 9.17) is 9.15 Å². The van der Waals surface area contributed by atoms with Crippen molar-refractivity contribution in [1.29, 1.82) is 0 Å². The first-order valence-electron chi connectivity index (χ1n) is 6.66. The number of anilines is 1. The van der Waals surface area contributed by atoms with Gasteiger partial charge in [-0.3, -0.25) is 0 Å². The lowest BCUT2D eigenvalue weighted by atomic mass is 10.2. The first-order valence-corrected chi connectivity index (χ1v) is 6.66. The molecular weight excluding hydrogens is 252 g/mol. The van der Waals surface area contributed by atoms with E-state index in [9.17, 15) is 0 Å². The predicted octanol–water partition coefficient (Wildman–Crippen LogP) is 3.84. The number of para-hydroxylation sites is 2. The first kappa shape index (κ1) is 12.5. The van der Waals surface area contributed by atoms with E-state index >= 15 is 0 Å². The molecule has 0 aliphatic rings. The summed E-state index contributed by atoms with van der Waals surface area (Å²) in [5.41, 5.74) is 2.77. The van der Waals surface area contributed by atoms with Crippen molar-refractivity contribution >= 4 is 17.1 Å². The first-order chi connectivity index (χ1) is 9.85. The number of hydrogen-bond acceptors (Lipinski definition) is 4. The van der Waals surface area contributed by atoms with Crippen LogP contribution in [-0.2, 0) is 6.54 Å². The SMILES string of the molecule is CCOc1cccc(CNc2nc3ccccc3o2)c1. The fourth-order valence-electron chi connectivity index (χ4n) is 2.04. The normalized spacial score (nSPS) is 10.7. The van der Waals surface area contributed by atoms with Crippen molar-refractivity contribution in [2.24, 2.45) is 0 Å². The molecule has 0 spiro atoms. The molecule has 20 heavy (non-hydrogen) atoms. The number of nitrogens with one attached hydrogen (secondary N) is 1. The molecule has 1 aromatic heterocycles. The second-order valence-corrected chi connectivity index (χ2v) is 4.42. The fraction of sp³-hybridized carbons (Fsp3) is 0.188. The van der Waals surface area contributed by atoms with Gasteiger partial charge in [-0.2, -0.15) is 4.98 Å². The maximum absolute atomic E-state index is 5.61. The zero-order chi connectivity index (χ0) is 13.8. The van der Waals surface area contributed by atoms with Gasteiger partial charge in [-0.25, -0.2) is 0 Å². The highest BCUT2D eigenvalue weighted by molar-refractivity contribution is 5.74. The molecule has 0 amide bonds. The number of aromatic nitrogens is 1. The lowest BCUT2D eigenvalue weighted by Crippen LogP contribution is -2.00. The van der Waals surface area contributed by atoms with Crippen LogP contribution in [-0.4, -0.2) is 11.6 Å². The van der Waals surface area contributed by atoms with Crippen molar-refractivity contribution in [3.63, 3.8) is 0 Å². The number of oxazole rings is 1. The number of nitrogens with zero attached hydrogens (tertiary/aromatic N) is 1. The highest BCUT2D eigenvalue weighted by atomic mass is 16.5. The Kier molecular flexibility index (Phi) is 3.54. The van der Waals surface area contributed by atoms with Crippen LogP contribution in [0.1, 0.15) is 12.5 Å². The van der Waals surface area contributed by atoms with Crippen molar-refractivity contribution in [1.82, 2.24) is 4.98 Å². The van der Waals surface area contributed by atoms with Crippen molar-refractivity contribution in [2.75, 3.05) is 11.9 Å². The van der Waals surface area contributed by atoms with Crippen LogP contribution < -0.4 is 10.1 Å². The average molecular weight is 268 g/mol. The van der Waals surface area contributed by atoms with E-state index in [0.717, 1.165) is 22.4 Å². The molecule has 4 nitrogen and oxygen atoms in total. The van der Waals surface area contributed by atoms with Crippen molar-refractivity contribution in [2.45, 2.75) is 13.5 Å². The van der Waals surface area contributed by atoms with Gasteiger partial charge in [-0.1, -0.05) is 24.3 Å². The van der Waals surface area contributed by atoms with Crippen LogP contribution in [0.4, 0.5) is 6.01 Å². The minimum atomic E-state index is 0.535. The molecule has 4 heteroatoms. The molecule has 0 saturated heterocycles. The number of rotatable bonds is 5. The molecule has 0 unspecified atom stereocenters. The minimum Gasteiger partial charge on any atom is -0.494 e. The van der Waals surface area contributed by atoms with Crippen LogP contribution in [0.2, 0.25) is 0 Å². The second kappa shape index (κ2) is 5.65. The summed E-state index contributed by atoms with van der Waals surface area (Å²) in [4.78, 5) is 4.38. The summed E-state index contributed by atoms with van der Waals surface area (Å²) >= 11 is 0. The maximum Gasteiger partial charge on any atom is 0.295 e. The van der Waals surface area contributed by atoms with E-state index < -0.39 is 0 Å². The molecule has 1 N–H and O–H groups in total. The summed E-state index contributed by atoms with van der Waals surface area (Å²) in [5, 5.41) is 3.19. The number of fused-ring (bicyclic) bond motifs is 1. The third-order valence-corrected chi connectivity index (χ3v) is 2.95. The Morgan fingerprint density at radius 3 is 2.90 bits per heavy atom. The molecule has 0 radical (unpaired) electrons. The quantitative estimate of drug-likeness (QED) is 0.763. The van der Waals surface area contributed by atoms with Gasteiger partial charge in [0, 0.05) is 6.54 Å². The molecule has 3 rings (SSSR count). The van der Waals surface area contributed by atoms with E-state index in [-0.39, 0.29) is 0 Å². The van der Waals surface area contributed by atoms with Crippen LogP contribution in [0, 0.1) is 0 Å². The molecule has 2 aromatic carbocycles. The van der Waals surface area contributed by atoms with E-state index in [0.29, 0.717) is 19.2 Å². The number of hydrogen-bond donors (Lipinski definition) is 1. The molecule has 0 fully saturated rings. The molecule has 0 aliphatic heterocycles. The van der Waals surface area contributed by atoms with E-state index in [1.807, 2.05) is 55.5 Å². The summed E-state index contributed by atoms with van der Waals surface area (Å²) in [6, 6.07) is 16.2. The molecular formula is C16H16N2O2. The van der Waals surface area contributed by atoms with E-state index in [1.54, 1.807) is 0 Å². The smallest absolute Gasteiger partial charge is 0.295 e. The van der Waals surface area contributed by atoms with Crippen LogP contribution >= 0.6 is 0 Å². The predicted molar refractivity (Wildman–Crippen MR) is 78.9 cm³/mol. The topological polar surface area (TPSA) is 47.3 Å². The molecule has 0 aliphatic carbocycles. The van der Waals surface area contributed by atoms with Crippen molar-refractivity contribution in [3.05, 3.63) is 54.1 Å². The van der Waals surface area contributed by atoms with Gasteiger partial charge in [0.2, 0.25) is 0 Å². The lowest BCUT2D eigenvalue weighted by Gasteiger charge is -2.06. The summed E-state index contributed by atoms with van der Waals surface area (Å²) in [6.07, 6.45) is 0. The average Bonchev–Trinajstić information content (AvgIpc) is 2.89. The van der Waals surface area contributed by atoms with Gasteiger partial charge in [0.25, 0.3) is 6.01 Å². The Labute approximate surface area is 117 Å². The molecule has 0 atom stereocenters. The van der Waals surface area contributed by atoms with Crippen LogP contribution in [0.5, 0.6) is 5.75 Å². The third kappa shape index (κ3) is 2.74. The zero-order valence-corrected chi connectivity index (χ0v) is 11.3. The van der Waals surface area contributed by atoms with Crippen LogP contribution in [0.15, 0.2) is 52.9 Å². The third-order valence-electron chi connectivity index (χ3n) is 2.95. The molecule has 1 heterocycles. The zero-order valence-electron chi connectivity index (χ0n) is 11.3. The second-order valence-electron chi connectivity index (χ2n) is 4.42. The largest absolute Gasteiger partial charge is 0.494 e. The fourth-order valence-corrected chi connectivity index (χ4v) is 2.04. The van der Waals surface area contributed by atoms with E-state index in [2.05, 4.69) is 10.3 Å². The molecule has 3 aromatic rings. The monoisotopic (exact) mass is 268 g/mol. The summed E-state index contributed by atoms with van der Waals surface area (Å²) < 4.78 is 11.1. The highest BCUT2D eigenvalue weighted by Gasteiger charge is 2.04. The standard InChI is InChI=1S/C16H16N2O2/c1-2-19-13-7-5-6-12(10-13)11-17-16-18-14-8-3-4-9-15(14)20-16/h3-10H,2,11H2,1H3,(H,17,18). The van der Waals surface area contributed by atoms with Gasteiger partial charge in [-0.15, -0.1) is 0 Å². The van der Waals surface area contributed by atoms with Gasteiger partial charge >= 0.3 is 0 Å².